The molecule has 0 unspecified atom stereocenters. The summed E-state index contributed by atoms with van der Waals surface area (Å²) < 4.78 is 0. The summed E-state index contributed by atoms with van der Waals surface area (Å²) in [4.78, 5) is 28.1. The summed E-state index contributed by atoms with van der Waals surface area (Å²) in [5, 5.41) is 25.5. The number of carbonyl (C=O) groups is 2. The van der Waals surface area contributed by atoms with E-state index in [1.165, 1.54) is 25.1 Å². The third-order valence-electron chi connectivity index (χ3n) is 2.82. The van der Waals surface area contributed by atoms with Gasteiger partial charge < -0.3 is 15.2 Å². The first-order chi connectivity index (χ1) is 10.5. The van der Waals surface area contributed by atoms with Crippen molar-refractivity contribution in [2.45, 2.75) is 19.8 Å². The summed E-state index contributed by atoms with van der Waals surface area (Å²) >= 11 is 0. The predicted molar refractivity (Wildman–Crippen MR) is 77.6 cm³/mol. The van der Waals surface area contributed by atoms with Crippen LogP contribution in [0.5, 0.6) is 0 Å². The van der Waals surface area contributed by atoms with E-state index in [2.05, 4.69) is 9.97 Å². The van der Waals surface area contributed by atoms with Gasteiger partial charge in [-0.3, -0.25) is 0 Å². The summed E-state index contributed by atoms with van der Waals surface area (Å²) in [7, 11) is 0. The molecule has 2 rings (SSSR count). The molecule has 0 bridgehead atoms. The molecule has 1 heterocycles. The summed E-state index contributed by atoms with van der Waals surface area (Å²) in [6.45, 7) is 1.48. The SMILES string of the molecule is Cc1c(C(=O)O)cccc1C(=O)O.N#CCCc1ncc[nH]1. The molecular weight excluding hydrogens is 286 g/mol. The van der Waals surface area contributed by atoms with E-state index in [1.54, 1.807) is 12.4 Å². The molecule has 0 saturated heterocycles. The Labute approximate surface area is 126 Å². The van der Waals surface area contributed by atoms with Gasteiger partial charge in [0.25, 0.3) is 0 Å². The molecule has 0 radical (unpaired) electrons. The number of nitrogens with one attached hydrogen (secondary N) is 1. The number of aromatic amines is 1. The zero-order valence-corrected chi connectivity index (χ0v) is 11.9. The first-order valence-electron chi connectivity index (χ1n) is 6.38. The Morgan fingerprint density at radius 3 is 2.27 bits per heavy atom. The molecule has 7 nitrogen and oxygen atoms in total. The fourth-order valence-corrected chi connectivity index (χ4v) is 1.71. The number of aromatic carboxylic acids is 2. The maximum absolute atomic E-state index is 10.6. The van der Waals surface area contributed by atoms with E-state index in [9.17, 15) is 9.59 Å². The molecule has 0 amide bonds. The number of nitrogens with zero attached hydrogens (tertiary/aromatic N) is 2. The Morgan fingerprint density at radius 1 is 1.27 bits per heavy atom. The van der Waals surface area contributed by atoms with E-state index >= 15 is 0 Å². The second-order valence-electron chi connectivity index (χ2n) is 4.28. The molecule has 1 aromatic heterocycles. The van der Waals surface area contributed by atoms with Gasteiger partial charge in [0.15, 0.2) is 0 Å². The number of benzene rings is 1. The van der Waals surface area contributed by atoms with E-state index in [-0.39, 0.29) is 16.7 Å². The molecule has 0 spiro atoms. The van der Waals surface area contributed by atoms with Gasteiger partial charge >= 0.3 is 11.9 Å². The molecule has 2 aromatic rings. The highest BCUT2D eigenvalue weighted by atomic mass is 16.4. The van der Waals surface area contributed by atoms with Gasteiger partial charge in [-0.1, -0.05) is 6.07 Å². The number of imidazole rings is 1. The largest absolute Gasteiger partial charge is 0.478 e. The minimum atomic E-state index is -1.11. The van der Waals surface area contributed by atoms with E-state index in [1.807, 2.05) is 6.07 Å². The molecule has 0 aliphatic rings. The van der Waals surface area contributed by atoms with Crippen LogP contribution in [0.15, 0.2) is 30.6 Å². The van der Waals surface area contributed by atoms with Crippen LogP contribution in [0.4, 0.5) is 0 Å². The maximum Gasteiger partial charge on any atom is 0.335 e. The van der Waals surface area contributed by atoms with Gasteiger partial charge in [0, 0.05) is 25.2 Å². The number of carboxylic acid groups (broad SMARTS) is 2. The van der Waals surface area contributed by atoms with Crippen molar-refractivity contribution in [3.05, 3.63) is 53.1 Å². The number of aryl methyl sites for hydroxylation is 1. The van der Waals surface area contributed by atoms with Gasteiger partial charge in [0.1, 0.15) is 5.82 Å². The molecule has 7 heteroatoms. The predicted octanol–water partition coefficient (Wildman–Crippen LogP) is 2.26. The highest BCUT2D eigenvalue weighted by Crippen LogP contribution is 2.13. The summed E-state index contributed by atoms with van der Waals surface area (Å²) in [5.41, 5.74) is 0.335. The Morgan fingerprint density at radius 2 is 1.86 bits per heavy atom. The van der Waals surface area contributed by atoms with Crippen molar-refractivity contribution >= 4 is 11.9 Å². The van der Waals surface area contributed by atoms with Gasteiger partial charge in [-0.05, 0) is 24.6 Å². The second kappa shape index (κ2) is 8.21. The number of rotatable bonds is 4. The molecule has 0 fully saturated rings. The van der Waals surface area contributed by atoms with Crippen LogP contribution < -0.4 is 0 Å². The molecule has 22 heavy (non-hydrogen) atoms. The number of H-pyrrole nitrogens is 1. The van der Waals surface area contributed by atoms with Crippen LogP contribution in [-0.4, -0.2) is 32.1 Å². The lowest BCUT2D eigenvalue weighted by Crippen LogP contribution is -2.06. The monoisotopic (exact) mass is 301 g/mol. The van der Waals surface area contributed by atoms with Gasteiger partial charge in [0.05, 0.1) is 17.2 Å². The van der Waals surface area contributed by atoms with Crippen LogP contribution in [0, 0.1) is 18.3 Å². The van der Waals surface area contributed by atoms with Crippen LogP contribution in [0.3, 0.4) is 0 Å². The van der Waals surface area contributed by atoms with Crippen LogP contribution >= 0.6 is 0 Å². The summed E-state index contributed by atoms with van der Waals surface area (Å²) in [6, 6.07) is 6.22. The van der Waals surface area contributed by atoms with Gasteiger partial charge in [-0.25, -0.2) is 14.6 Å². The lowest BCUT2D eigenvalue weighted by atomic mass is 10.0. The lowest BCUT2D eigenvalue weighted by Gasteiger charge is -2.03. The average Bonchev–Trinajstić information content (AvgIpc) is 2.98. The van der Waals surface area contributed by atoms with Crippen molar-refractivity contribution in [2.75, 3.05) is 0 Å². The quantitative estimate of drug-likeness (QED) is 0.794. The Balaban J connectivity index is 0.000000235. The number of hydrogen-bond acceptors (Lipinski definition) is 4. The van der Waals surface area contributed by atoms with Crippen LogP contribution in [-0.2, 0) is 6.42 Å². The number of nitriles is 1. The average molecular weight is 301 g/mol. The third-order valence-corrected chi connectivity index (χ3v) is 2.82. The van der Waals surface area contributed by atoms with Gasteiger partial charge in [0.2, 0.25) is 0 Å². The molecule has 1 aromatic carbocycles. The number of hydrogen-bond donors (Lipinski definition) is 3. The van der Waals surface area contributed by atoms with Crippen molar-refractivity contribution < 1.29 is 19.8 Å². The third kappa shape index (κ3) is 4.76. The minimum Gasteiger partial charge on any atom is -0.478 e. The van der Waals surface area contributed by atoms with Crippen LogP contribution in [0.1, 0.15) is 38.5 Å². The number of aromatic nitrogens is 2. The molecule has 0 atom stereocenters. The normalized spacial score (nSPS) is 9.27. The van der Waals surface area contributed by atoms with Crippen LogP contribution in [0.2, 0.25) is 0 Å². The smallest absolute Gasteiger partial charge is 0.335 e. The highest BCUT2D eigenvalue weighted by Gasteiger charge is 2.13. The van der Waals surface area contributed by atoms with Gasteiger partial charge in [-0.15, -0.1) is 0 Å². The topological polar surface area (TPSA) is 127 Å². The summed E-state index contributed by atoms with van der Waals surface area (Å²) in [6.07, 6.45) is 4.70. The van der Waals surface area contributed by atoms with Gasteiger partial charge in [-0.2, -0.15) is 5.26 Å². The first kappa shape index (κ1) is 16.9. The molecule has 0 saturated carbocycles. The molecular formula is C15H15N3O4. The number of carboxylic acids is 2. The lowest BCUT2D eigenvalue weighted by molar-refractivity contribution is 0.0696. The van der Waals surface area contributed by atoms with E-state index < -0.39 is 11.9 Å². The van der Waals surface area contributed by atoms with E-state index in [4.69, 9.17) is 15.5 Å². The standard InChI is InChI=1S/C9H8O4.C6H7N3/c1-5-6(8(10)11)3-2-4-7(5)9(12)13;7-3-1-2-6-8-4-5-9-6/h2-4H,1H3,(H,10,11)(H,12,13);4-5H,1-2H2,(H,8,9). The van der Waals surface area contributed by atoms with Crippen LogP contribution in [0.25, 0.3) is 0 Å². The zero-order chi connectivity index (χ0) is 16.5. The molecule has 0 aliphatic carbocycles. The van der Waals surface area contributed by atoms with Crippen molar-refractivity contribution in [1.29, 1.82) is 5.26 Å². The zero-order valence-electron chi connectivity index (χ0n) is 11.9. The Hall–Kier alpha value is -3.14. The Bertz CT molecular complexity index is 655. The molecule has 0 aliphatic heterocycles. The minimum absolute atomic E-state index is 0.0277. The molecule has 114 valence electrons. The first-order valence-corrected chi connectivity index (χ1v) is 6.38. The highest BCUT2D eigenvalue weighted by molar-refractivity contribution is 5.96. The maximum atomic E-state index is 10.6. The van der Waals surface area contributed by atoms with Crippen molar-refractivity contribution in [1.82, 2.24) is 9.97 Å². The fraction of sp³-hybridized carbons (Fsp3) is 0.200. The van der Waals surface area contributed by atoms with E-state index in [0.717, 1.165) is 12.2 Å². The van der Waals surface area contributed by atoms with Crippen molar-refractivity contribution in [2.24, 2.45) is 0 Å². The van der Waals surface area contributed by atoms with Crippen molar-refractivity contribution in [3.8, 4) is 6.07 Å². The fourth-order valence-electron chi connectivity index (χ4n) is 1.71. The summed E-state index contributed by atoms with van der Waals surface area (Å²) in [5.74, 6) is -1.34. The van der Waals surface area contributed by atoms with E-state index in [0.29, 0.717) is 6.42 Å². The second-order valence-corrected chi connectivity index (χ2v) is 4.28. The van der Waals surface area contributed by atoms with Crippen molar-refractivity contribution in [3.63, 3.8) is 0 Å². The molecule has 3 N–H and O–H groups in total. The Kier molecular flexibility index (Phi) is 6.32.